The van der Waals surface area contributed by atoms with Gasteiger partial charge in [0.2, 0.25) is 0 Å². The number of imidazole rings is 2. The molecule has 9 nitrogen and oxygen atoms in total. The number of hydrogen-bond donors (Lipinski definition) is 0. The lowest BCUT2D eigenvalue weighted by Gasteiger charge is -2.19. The number of hydrogen-bond acceptors (Lipinski definition) is 5. The molecule has 0 N–H and O–H groups in total. The van der Waals surface area contributed by atoms with Gasteiger partial charge in [-0.1, -0.05) is 12.1 Å². The molecule has 6 rings (SSSR count). The van der Waals surface area contributed by atoms with Crippen LogP contribution in [0.15, 0.2) is 49.2 Å². The largest absolute Gasteiger partial charge is 0.371 e. The van der Waals surface area contributed by atoms with Crippen LogP contribution in [-0.4, -0.2) is 73.1 Å². The zero-order chi connectivity index (χ0) is 20.2. The molecule has 0 aliphatic carbocycles. The summed E-state index contributed by atoms with van der Waals surface area (Å²) >= 11 is 0. The Morgan fingerprint density at radius 2 is 1.87 bits per heavy atom. The summed E-state index contributed by atoms with van der Waals surface area (Å²) in [6, 6.07) is 8.12. The predicted octanol–water partition coefficient (Wildman–Crippen LogP) is 1.50. The molecule has 2 saturated heterocycles. The van der Waals surface area contributed by atoms with Gasteiger partial charge in [0.15, 0.2) is 0 Å². The van der Waals surface area contributed by atoms with E-state index in [0.717, 1.165) is 16.7 Å². The first kappa shape index (κ1) is 17.7. The van der Waals surface area contributed by atoms with Crippen LogP contribution in [0.2, 0.25) is 0 Å². The van der Waals surface area contributed by atoms with Crippen LogP contribution >= 0.6 is 0 Å². The third-order valence-corrected chi connectivity index (χ3v) is 6.15. The standard InChI is InChI=1S/C21H22N6O3/c1-24-6-7-27-20(24)15(8-23-27)21(28)25-9-18-19(10-25)30-12-14(11-29-18)26-13-22-16-4-2-3-5-17(16)26/h2-8,13-14,18-19H,9-12H2,1H3/t18-,19-/m0/s1. The van der Waals surface area contributed by atoms with Gasteiger partial charge in [-0.2, -0.15) is 5.10 Å². The first-order chi connectivity index (χ1) is 14.7. The molecule has 0 saturated carbocycles. The number of rotatable bonds is 2. The highest BCUT2D eigenvalue weighted by molar-refractivity contribution is 6.00. The summed E-state index contributed by atoms with van der Waals surface area (Å²) in [6.45, 7) is 2.09. The van der Waals surface area contributed by atoms with Gasteiger partial charge in [0.1, 0.15) is 23.4 Å². The fourth-order valence-electron chi connectivity index (χ4n) is 4.55. The highest BCUT2D eigenvalue weighted by Gasteiger charge is 2.40. The Kier molecular flexibility index (Phi) is 3.93. The lowest BCUT2D eigenvalue weighted by molar-refractivity contribution is -0.00461. The summed E-state index contributed by atoms with van der Waals surface area (Å²) in [4.78, 5) is 19.4. The first-order valence-electron chi connectivity index (χ1n) is 10.1. The highest BCUT2D eigenvalue weighted by Crippen LogP contribution is 2.27. The van der Waals surface area contributed by atoms with Gasteiger partial charge < -0.3 is 23.5 Å². The van der Waals surface area contributed by atoms with E-state index in [1.807, 2.05) is 53.4 Å². The Labute approximate surface area is 172 Å². The summed E-state index contributed by atoms with van der Waals surface area (Å²) in [7, 11) is 1.91. The number of ether oxygens (including phenoxy) is 2. The second-order valence-electron chi connectivity index (χ2n) is 7.98. The van der Waals surface area contributed by atoms with Gasteiger partial charge in [0.05, 0.1) is 42.8 Å². The SMILES string of the molecule is Cn1ccn2ncc(C(=O)N3C[C@@H]4OCC(n5cnc6ccccc65)CO[C@H]4C3)c12. The number of carbonyl (C=O) groups excluding carboxylic acids is 1. The van der Waals surface area contributed by atoms with Crippen molar-refractivity contribution in [1.82, 2.24) is 28.6 Å². The summed E-state index contributed by atoms with van der Waals surface area (Å²) < 4.78 is 18.2. The van der Waals surface area contributed by atoms with Crippen molar-refractivity contribution in [3.05, 3.63) is 54.7 Å². The predicted molar refractivity (Wildman–Crippen MR) is 108 cm³/mol. The van der Waals surface area contributed by atoms with E-state index >= 15 is 0 Å². The highest BCUT2D eigenvalue weighted by atomic mass is 16.6. The van der Waals surface area contributed by atoms with Crippen molar-refractivity contribution in [3.63, 3.8) is 0 Å². The van der Waals surface area contributed by atoms with E-state index in [0.29, 0.717) is 31.9 Å². The maximum absolute atomic E-state index is 13.1. The molecule has 1 aromatic carbocycles. The smallest absolute Gasteiger partial charge is 0.259 e. The van der Waals surface area contributed by atoms with Crippen LogP contribution in [-0.2, 0) is 16.5 Å². The number of para-hydroxylation sites is 2. The van der Waals surface area contributed by atoms with Gasteiger partial charge in [-0.15, -0.1) is 0 Å². The first-order valence-corrected chi connectivity index (χ1v) is 10.1. The molecule has 2 atom stereocenters. The van der Waals surface area contributed by atoms with E-state index in [1.165, 1.54) is 0 Å². The van der Waals surface area contributed by atoms with Crippen LogP contribution in [0.1, 0.15) is 16.4 Å². The van der Waals surface area contributed by atoms with Crippen molar-refractivity contribution in [2.24, 2.45) is 7.05 Å². The second-order valence-corrected chi connectivity index (χ2v) is 7.98. The molecule has 4 aromatic rings. The zero-order valence-electron chi connectivity index (χ0n) is 16.6. The molecule has 30 heavy (non-hydrogen) atoms. The number of benzene rings is 1. The minimum absolute atomic E-state index is 0.0378. The molecule has 2 aliphatic heterocycles. The monoisotopic (exact) mass is 406 g/mol. The lowest BCUT2D eigenvalue weighted by atomic mass is 10.2. The number of carbonyl (C=O) groups is 1. The summed E-state index contributed by atoms with van der Waals surface area (Å²) in [5, 5.41) is 4.28. The quantitative estimate of drug-likeness (QED) is 0.504. The zero-order valence-corrected chi connectivity index (χ0v) is 16.6. The Morgan fingerprint density at radius 3 is 2.67 bits per heavy atom. The van der Waals surface area contributed by atoms with Crippen LogP contribution in [0.5, 0.6) is 0 Å². The maximum Gasteiger partial charge on any atom is 0.259 e. The third-order valence-electron chi connectivity index (χ3n) is 6.15. The number of aromatic nitrogens is 5. The van der Waals surface area contributed by atoms with E-state index < -0.39 is 0 Å². The molecule has 0 spiro atoms. The average molecular weight is 406 g/mol. The van der Waals surface area contributed by atoms with E-state index in [-0.39, 0.29) is 24.2 Å². The van der Waals surface area contributed by atoms with Crippen LogP contribution in [0.25, 0.3) is 16.7 Å². The van der Waals surface area contributed by atoms with Crippen LogP contribution < -0.4 is 0 Å². The van der Waals surface area contributed by atoms with Crippen LogP contribution in [0, 0.1) is 0 Å². The van der Waals surface area contributed by atoms with Crippen molar-refractivity contribution in [3.8, 4) is 0 Å². The normalized spacial score (nSPS) is 22.6. The van der Waals surface area contributed by atoms with Crippen molar-refractivity contribution in [2.75, 3.05) is 26.3 Å². The molecule has 0 radical (unpaired) electrons. The van der Waals surface area contributed by atoms with E-state index in [1.54, 1.807) is 10.7 Å². The number of aryl methyl sites for hydroxylation is 1. The lowest BCUT2D eigenvalue weighted by Crippen LogP contribution is -2.31. The fraction of sp³-hybridized carbons (Fsp3) is 0.381. The minimum atomic E-state index is -0.131. The summed E-state index contributed by atoms with van der Waals surface area (Å²) in [6.07, 6.45) is 6.95. The van der Waals surface area contributed by atoms with Crippen molar-refractivity contribution in [2.45, 2.75) is 18.2 Å². The second kappa shape index (κ2) is 6.68. The Balaban J connectivity index is 1.18. The molecule has 5 heterocycles. The summed E-state index contributed by atoms with van der Waals surface area (Å²) in [5.74, 6) is -0.0378. The molecule has 9 heteroatoms. The maximum atomic E-state index is 13.1. The molecule has 154 valence electrons. The van der Waals surface area contributed by atoms with Crippen molar-refractivity contribution < 1.29 is 14.3 Å². The molecule has 3 aromatic heterocycles. The topological polar surface area (TPSA) is 78.8 Å². The molecule has 2 fully saturated rings. The minimum Gasteiger partial charge on any atom is -0.371 e. The van der Waals surface area contributed by atoms with Gasteiger partial charge >= 0.3 is 0 Å². The van der Waals surface area contributed by atoms with Gasteiger partial charge in [-0.05, 0) is 12.1 Å². The molecule has 0 unspecified atom stereocenters. The van der Waals surface area contributed by atoms with Crippen LogP contribution in [0.4, 0.5) is 0 Å². The van der Waals surface area contributed by atoms with E-state index in [4.69, 9.17) is 9.47 Å². The van der Waals surface area contributed by atoms with Crippen molar-refractivity contribution in [1.29, 1.82) is 0 Å². The van der Waals surface area contributed by atoms with E-state index in [2.05, 4.69) is 20.7 Å². The Bertz CT molecular complexity index is 1220. The van der Waals surface area contributed by atoms with Gasteiger partial charge in [0.25, 0.3) is 5.91 Å². The average Bonchev–Trinajstić information content (AvgIpc) is 3.52. The Morgan fingerprint density at radius 1 is 1.10 bits per heavy atom. The summed E-state index contributed by atoms with van der Waals surface area (Å²) in [5.41, 5.74) is 3.43. The molecule has 2 aliphatic rings. The van der Waals surface area contributed by atoms with Crippen molar-refractivity contribution >= 4 is 22.6 Å². The fourth-order valence-corrected chi connectivity index (χ4v) is 4.55. The molecule has 0 bridgehead atoms. The Hall–Kier alpha value is -3.17. The molecule has 1 amide bonds. The van der Waals surface area contributed by atoms with Gasteiger partial charge in [-0.3, -0.25) is 4.79 Å². The van der Waals surface area contributed by atoms with Crippen LogP contribution in [0.3, 0.4) is 0 Å². The van der Waals surface area contributed by atoms with E-state index in [9.17, 15) is 4.79 Å². The number of amides is 1. The van der Waals surface area contributed by atoms with Gasteiger partial charge in [-0.25, -0.2) is 9.50 Å². The number of nitrogens with zero attached hydrogens (tertiary/aromatic N) is 6. The molecular weight excluding hydrogens is 384 g/mol. The number of likely N-dealkylation sites (tertiary alicyclic amines) is 1. The third kappa shape index (κ3) is 2.66. The molecular formula is C21H22N6O3. The number of fused-ring (bicyclic) bond motifs is 3. The van der Waals surface area contributed by atoms with Gasteiger partial charge in [0, 0.05) is 32.5 Å².